The summed E-state index contributed by atoms with van der Waals surface area (Å²) in [5.74, 6) is -0.271. The van der Waals surface area contributed by atoms with Crippen molar-refractivity contribution in [3.8, 4) is 0 Å². The number of carbonyl (C=O) groups is 1. The summed E-state index contributed by atoms with van der Waals surface area (Å²) in [5.41, 5.74) is 0. The Morgan fingerprint density at radius 2 is 0.781 bits per heavy atom. The average Bonchev–Trinajstić information content (AvgIpc) is 3.35. The maximum Gasteiger partial charge on any atom is 0.268 e. The molecule has 4 unspecified atom stereocenters. The normalized spacial score (nSPS) is 14.2. The van der Waals surface area contributed by atoms with Crippen LogP contribution >= 0.6 is 7.82 Å². The number of nitrogens with one attached hydrogen (secondary N) is 1. The van der Waals surface area contributed by atoms with Gasteiger partial charge in [0.25, 0.3) is 7.82 Å². The Bertz CT molecular complexity index is 1210. The van der Waals surface area contributed by atoms with Crippen LogP contribution in [0, 0.1) is 0 Å². The van der Waals surface area contributed by atoms with Gasteiger partial charge in [0.2, 0.25) is 5.91 Å². The molecule has 0 aliphatic carbocycles. The number of unbranched alkanes of at least 4 members (excludes halogenated alkanes) is 44. The van der Waals surface area contributed by atoms with E-state index in [0.717, 1.165) is 38.5 Å². The highest BCUT2D eigenvalue weighted by Crippen LogP contribution is 2.38. The van der Waals surface area contributed by atoms with Crippen molar-refractivity contribution in [1.29, 1.82) is 0 Å². The van der Waals surface area contributed by atoms with E-state index in [9.17, 15) is 24.5 Å². The van der Waals surface area contributed by atoms with Crippen LogP contribution in [0.2, 0.25) is 0 Å². The molecule has 0 bridgehead atoms. The van der Waals surface area contributed by atoms with Gasteiger partial charge in [-0.25, -0.2) is 0 Å². The molecular formula is C63H127N2O7P. The molecule has 10 heteroatoms. The molecule has 0 aromatic heterocycles. The van der Waals surface area contributed by atoms with Gasteiger partial charge in [0.05, 0.1) is 39.9 Å². The van der Waals surface area contributed by atoms with Crippen molar-refractivity contribution in [1.82, 2.24) is 5.32 Å². The monoisotopic (exact) mass is 1050 g/mol. The van der Waals surface area contributed by atoms with Crippen molar-refractivity contribution in [2.24, 2.45) is 0 Å². The minimum absolute atomic E-state index is 0.0372. The van der Waals surface area contributed by atoms with Crippen molar-refractivity contribution < 1.29 is 38.0 Å². The fraction of sp³-hybridized carbons (Fsp3) is 0.952. The highest BCUT2D eigenvalue weighted by Gasteiger charge is 2.29. The minimum atomic E-state index is -4.67. The van der Waals surface area contributed by atoms with Crippen molar-refractivity contribution in [3.63, 3.8) is 0 Å². The number of aliphatic hydroxyl groups is 2. The molecule has 0 fully saturated rings. The van der Waals surface area contributed by atoms with Gasteiger partial charge < -0.3 is 34.0 Å². The second-order valence-corrected chi connectivity index (χ2v) is 25.0. The summed E-state index contributed by atoms with van der Waals surface area (Å²) in [7, 11) is 1.14. The molecule has 0 aliphatic rings. The average molecular weight is 1060 g/mol. The van der Waals surface area contributed by atoms with Crippen LogP contribution < -0.4 is 10.2 Å². The van der Waals surface area contributed by atoms with Crippen molar-refractivity contribution >= 4 is 13.7 Å². The quantitative estimate of drug-likeness (QED) is 0.0239. The van der Waals surface area contributed by atoms with Crippen LogP contribution in [0.25, 0.3) is 0 Å². The molecule has 436 valence electrons. The molecule has 0 saturated carbocycles. The lowest BCUT2D eigenvalue weighted by atomic mass is 9.99. The van der Waals surface area contributed by atoms with E-state index in [-0.39, 0.29) is 18.9 Å². The summed E-state index contributed by atoms with van der Waals surface area (Å²) in [5, 5.41) is 24.8. The van der Waals surface area contributed by atoms with E-state index in [0.29, 0.717) is 17.4 Å². The van der Waals surface area contributed by atoms with Crippen molar-refractivity contribution in [2.75, 3.05) is 40.9 Å². The summed E-state index contributed by atoms with van der Waals surface area (Å²) in [4.78, 5) is 25.6. The van der Waals surface area contributed by atoms with Gasteiger partial charge in [-0.05, 0) is 38.5 Å². The molecule has 73 heavy (non-hydrogen) atoms. The fourth-order valence-electron chi connectivity index (χ4n) is 10.0. The molecule has 3 N–H and O–H groups in total. The van der Waals surface area contributed by atoms with Gasteiger partial charge in [-0.15, -0.1) is 0 Å². The van der Waals surface area contributed by atoms with Crippen LogP contribution in [-0.2, 0) is 18.4 Å². The molecule has 0 aromatic carbocycles. The molecular weight excluding hydrogens is 928 g/mol. The number of hydrogen-bond donors (Lipinski definition) is 3. The Kier molecular flexibility index (Phi) is 54.0. The Morgan fingerprint density at radius 3 is 1.11 bits per heavy atom. The predicted octanol–water partition coefficient (Wildman–Crippen LogP) is 18.1. The van der Waals surface area contributed by atoms with Crippen LogP contribution in [-0.4, -0.2) is 79.8 Å². The first-order valence-electron chi connectivity index (χ1n) is 32.1. The summed E-state index contributed by atoms with van der Waals surface area (Å²) in [6, 6.07) is -1.07. The van der Waals surface area contributed by atoms with Crippen LogP contribution in [0.15, 0.2) is 12.2 Å². The number of hydrogen-bond acceptors (Lipinski definition) is 7. The molecule has 1 amide bonds. The number of phosphoric ester groups is 1. The lowest BCUT2D eigenvalue weighted by molar-refractivity contribution is -0.870. The molecule has 0 spiro atoms. The smallest absolute Gasteiger partial charge is 0.268 e. The van der Waals surface area contributed by atoms with Gasteiger partial charge >= 0.3 is 0 Å². The second kappa shape index (κ2) is 54.6. The van der Waals surface area contributed by atoms with Gasteiger partial charge in [0.15, 0.2) is 0 Å². The standard InChI is InChI=1S/C63H127N2O7P/c1-6-8-10-12-14-16-18-20-21-22-23-24-25-26-27-28-29-30-31-32-33-34-35-36-37-38-39-40-41-42-43-44-46-48-50-52-54-56-62(67)64-60(59-72-73(69,70)71-58-57-65(3,4)5)63(68)61(66)55-53-51-49-47-45-19-17-15-13-11-9-7-2/h22-23,60-61,63,66,68H,6-21,24-59H2,1-5H3,(H-,64,67,69,70)/b23-22-. The van der Waals surface area contributed by atoms with E-state index >= 15 is 0 Å². The molecule has 4 atom stereocenters. The number of phosphoric acid groups is 1. The Balaban J connectivity index is 3.92. The van der Waals surface area contributed by atoms with Crippen LogP contribution in [0.3, 0.4) is 0 Å². The SMILES string of the molecule is CCCCCCCCCC/C=C\CCCCCCCCCCCCCCCCCCCCCCCCCCCC(=O)NC(COP(=O)([O-])OCC[N+](C)(C)C)C(O)C(O)CCCCCCCCCCCCCC. The van der Waals surface area contributed by atoms with Crippen LogP contribution in [0.5, 0.6) is 0 Å². The Hall–Kier alpha value is -0.800. The number of amides is 1. The maximum absolute atomic E-state index is 13.0. The van der Waals surface area contributed by atoms with Crippen molar-refractivity contribution in [2.45, 2.75) is 347 Å². The third-order valence-electron chi connectivity index (χ3n) is 15.1. The topological polar surface area (TPSA) is 128 Å². The number of aliphatic hydroxyl groups excluding tert-OH is 2. The van der Waals surface area contributed by atoms with Gasteiger partial charge in [-0.2, -0.15) is 0 Å². The highest BCUT2D eigenvalue weighted by atomic mass is 31.2. The number of likely N-dealkylation sites (N-methyl/N-ethyl adjacent to an activating group) is 1. The Morgan fingerprint density at radius 1 is 0.479 bits per heavy atom. The second-order valence-electron chi connectivity index (χ2n) is 23.6. The molecule has 0 rings (SSSR count). The molecule has 0 saturated heterocycles. The largest absolute Gasteiger partial charge is 0.756 e. The maximum atomic E-state index is 13.0. The molecule has 0 aliphatic heterocycles. The van der Waals surface area contributed by atoms with E-state index in [1.165, 1.54) is 263 Å². The zero-order valence-electron chi connectivity index (χ0n) is 49.5. The summed E-state index contributed by atoms with van der Waals surface area (Å²) in [6.45, 7) is 4.48. The fourth-order valence-corrected chi connectivity index (χ4v) is 10.7. The number of quaternary nitrogens is 1. The van der Waals surface area contributed by atoms with E-state index < -0.39 is 32.7 Å². The number of carbonyl (C=O) groups excluding carboxylic acids is 1. The van der Waals surface area contributed by atoms with E-state index in [1.807, 2.05) is 21.1 Å². The first kappa shape index (κ1) is 72.2. The van der Waals surface area contributed by atoms with Gasteiger partial charge in [-0.3, -0.25) is 9.36 Å². The lowest BCUT2D eigenvalue weighted by Gasteiger charge is -2.31. The third kappa shape index (κ3) is 55.8. The van der Waals surface area contributed by atoms with E-state index in [2.05, 4.69) is 31.3 Å². The zero-order valence-corrected chi connectivity index (χ0v) is 50.4. The van der Waals surface area contributed by atoms with Gasteiger partial charge in [0.1, 0.15) is 19.3 Å². The highest BCUT2D eigenvalue weighted by molar-refractivity contribution is 7.45. The predicted molar refractivity (Wildman–Crippen MR) is 313 cm³/mol. The summed E-state index contributed by atoms with van der Waals surface area (Å²) in [6.07, 6.45) is 64.6. The first-order valence-corrected chi connectivity index (χ1v) is 33.6. The lowest BCUT2D eigenvalue weighted by Crippen LogP contribution is -2.51. The number of rotatable bonds is 60. The number of allylic oxidation sites excluding steroid dienone is 2. The van der Waals surface area contributed by atoms with Gasteiger partial charge in [-0.1, -0.05) is 296 Å². The van der Waals surface area contributed by atoms with Crippen molar-refractivity contribution in [3.05, 3.63) is 12.2 Å². The van der Waals surface area contributed by atoms with E-state index in [1.54, 1.807) is 0 Å². The Labute approximate surface area is 455 Å². The minimum Gasteiger partial charge on any atom is -0.756 e. The molecule has 9 nitrogen and oxygen atoms in total. The van der Waals surface area contributed by atoms with Crippen LogP contribution in [0.1, 0.15) is 328 Å². The molecule has 0 heterocycles. The summed E-state index contributed by atoms with van der Waals surface area (Å²) < 4.78 is 23.3. The third-order valence-corrected chi connectivity index (χ3v) is 16.1. The van der Waals surface area contributed by atoms with Gasteiger partial charge in [0, 0.05) is 6.42 Å². The zero-order chi connectivity index (χ0) is 53.6. The molecule has 0 aromatic rings. The van der Waals surface area contributed by atoms with E-state index in [4.69, 9.17) is 9.05 Å². The summed E-state index contributed by atoms with van der Waals surface area (Å²) >= 11 is 0. The van der Waals surface area contributed by atoms with Crippen LogP contribution in [0.4, 0.5) is 0 Å². The first-order chi connectivity index (χ1) is 35.4. The number of nitrogens with zero attached hydrogens (tertiary/aromatic N) is 1. The molecule has 0 radical (unpaired) electrons.